The van der Waals surface area contributed by atoms with Crippen molar-refractivity contribution in [2.24, 2.45) is 0 Å². The number of rotatable bonds is 10. The number of hydrogen-bond acceptors (Lipinski definition) is 8. The molecule has 1 amide bonds. The quantitative estimate of drug-likeness (QED) is 0.220. The average molecular weight is 649 g/mol. The van der Waals surface area contributed by atoms with Crippen molar-refractivity contribution in [3.8, 4) is 11.5 Å². The number of amides is 1. The molecule has 15 heteroatoms. The van der Waals surface area contributed by atoms with Crippen molar-refractivity contribution in [1.29, 1.82) is 0 Å². The van der Waals surface area contributed by atoms with Crippen molar-refractivity contribution < 1.29 is 31.6 Å². The van der Waals surface area contributed by atoms with Crippen LogP contribution in [0.5, 0.6) is 0 Å². The third-order valence-corrected chi connectivity index (χ3v) is 8.17. The summed E-state index contributed by atoms with van der Waals surface area (Å²) in [5, 5.41) is 14.6. The van der Waals surface area contributed by atoms with Gasteiger partial charge in [0.15, 0.2) is 0 Å². The minimum Gasteiger partial charge on any atom is -0.382 e. The number of methoxy groups -OCH3 is 1. The Labute approximate surface area is 264 Å². The Bertz CT molecular complexity index is 1670. The summed E-state index contributed by atoms with van der Waals surface area (Å²) in [6.07, 6.45) is -2.16. The van der Waals surface area contributed by atoms with E-state index in [1.54, 1.807) is 42.3 Å². The lowest BCUT2D eigenvalue weighted by molar-refractivity contribution is -0.139. The fourth-order valence-corrected chi connectivity index (χ4v) is 5.70. The molecular formula is C31H40F4N8O3. The molecule has 0 saturated carbocycles. The zero-order valence-electron chi connectivity index (χ0n) is 26.8. The number of carbonyl (C=O) groups excluding carboxylic acids is 1. The number of aromatic nitrogens is 5. The van der Waals surface area contributed by atoms with E-state index in [0.29, 0.717) is 36.2 Å². The predicted octanol–water partition coefficient (Wildman–Crippen LogP) is 5.38. The summed E-state index contributed by atoms with van der Waals surface area (Å²) in [6.45, 7) is 9.82. The standard InChI is InChI=1S/C31H40F4N8O3/c1-29(2,3)41-11-10-23(21(32)16-41)38-22-8-7-9-24-20(22)12-25(42(24)17-31(33,34)35)27-39-26(46-40-27)14-36-28(44)19-13-37-43(15-19)30(4,5)18-45-6/h7-9,12-13,15,21,23,38H,10-11,14,16-18H2,1-6H3,(H,36,44)/t21-,23+/m0/s1. The highest BCUT2D eigenvalue weighted by atomic mass is 19.4. The first-order valence-corrected chi connectivity index (χ1v) is 15.1. The van der Waals surface area contributed by atoms with Crippen molar-refractivity contribution in [3.05, 3.63) is 48.1 Å². The van der Waals surface area contributed by atoms with E-state index in [0.717, 1.165) is 4.57 Å². The fraction of sp³-hybridized carbons (Fsp3) is 0.548. The molecule has 4 aromatic rings. The van der Waals surface area contributed by atoms with Gasteiger partial charge in [-0.15, -0.1) is 0 Å². The van der Waals surface area contributed by atoms with Crippen molar-refractivity contribution in [2.45, 2.75) is 83.6 Å². The van der Waals surface area contributed by atoms with Gasteiger partial charge in [0, 0.05) is 43.0 Å². The summed E-state index contributed by atoms with van der Waals surface area (Å²) in [5.74, 6) is -0.518. The second-order valence-corrected chi connectivity index (χ2v) is 13.3. The number of likely N-dealkylation sites (tertiary alicyclic amines) is 1. The molecule has 0 aliphatic carbocycles. The van der Waals surface area contributed by atoms with E-state index in [4.69, 9.17) is 9.26 Å². The Hall–Kier alpha value is -3.98. The van der Waals surface area contributed by atoms with Crippen molar-refractivity contribution in [3.63, 3.8) is 0 Å². The Morgan fingerprint density at radius 2 is 1.93 bits per heavy atom. The third kappa shape index (κ3) is 7.35. The van der Waals surface area contributed by atoms with Crippen LogP contribution in [-0.2, 0) is 23.4 Å². The second kappa shape index (κ2) is 12.7. The molecule has 0 bridgehead atoms. The molecule has 4 heterocycles. The molecule has 1 saturated heterocycles. The van der Waals surface area contributed by atoms with Gasteiger partial charge in [-0.05, 0) is 59.2 Å². The van der Waals surface area contributed by atoms with Crippen molar-refractivity contribution in [1.82, 2.24) is 34.7 Å². The number of halogens is 4. The smallest absolute Gasteiger partial charge is 0.382 e. The SMILES string of the molecule is COCC(C)(C)n1cc(C(=O)NCc2nc(-c3cc4c(N[C@@H]5CCN(C(C)(C)C)C[C@@H]5F)cccc4n3CC(F)(F)F)no2)cn1. The fourth-order valence-electron chi connectivity index (χ4n) is 5.70. The molecule has 2 atom stereocenters. The predicted molar refractivity (Wildman–Crippen MR) is 164 cm³/mol. The number of anilines is 1. The lowest BCUT2D eigenvalue weighted by Crippen LogP contribution is -2.54. The van der Waals surface area contributed by atoms with Crippen LogP contribution in [0, 0.1) is 0 Å². The van der Waals surface area contributed by atoms with E-state index in [9.17, 15) is 18.0 Å². The van der Waals surface area contributed by atoms with Crippen LogP contribution < -0.4 is 10.6 Å². The molecule has 0 spiro atoms. The van der Waals surface area contributed by atoms with Gasteiger partial charge in [-0.3, -0.25) is 14.4 Å². The first kappa shape index (κ1) is 33.4. The minimum atomic E-state index is -4.54. The van der Waals surface area contributed by atoms with E-state index in [1.807, 2.05) is 34.6 Å². The van der Waals surface area contributed by atoms with Crippen LogP contribution in [0.1, 0.15) is 57.3 Å². The van der Waals surface area contributed by atoms with E-state index in [1.165, 1.54) is 6.20 Å². The molecule has 5 rings (SSSR count). The van der Waals surface area contributed by atoms with Crippen molar-refractivity contribution in [2.75, 3.05) is 32.1 Å². The summed E-state index contributed by atoms with van der Waals surface area (Å²) in [5.41, 5.74) is 0.527. The highest BCUT2D eigenvalue weighted by molar-refractivity contribution is 5.96. The highest BCUT2D eigenvalue weighted by Crippen LogP contribution is 2.35. The maximum atomic E-state index is 15.3. The molecule has 3 aromatic heterocycles. The van der Waals surface area contributed by atoms with Gasteiger partial charge in [-0.25, -0.2) is 4.39 Å². The largest absolute Gasteiger partial charge is 0.406 e. The van der Waals surface area contributed by atoms with E-state index in [-0.39, 0.29) is 41.6 Å². The van der Waals surface area contributed by atoms with E-state index in [2.05, 4.69) is 30.8 Å². The number of carbonyl (C=O) groups is 1. The normalized spacial score (nSPS) is 18.3. The summed E-state index contributed by atoms with van der Waals surface area (Å²) in [4.78, 5) is 19.1. The lowest BCUT2D eigenvalue weighted by Gasteiger charge is -2.42. The zero-order chi connectivity index (χ0) is 33.4. The first-order valence-electron chi connectivity index (χ1n) is 15.1. The number of piperidine rings is 1. The van der Waals surface area contributed by atoms with Crippen LogP contribution in [0.15, 0.2) is 41.2 Å². The van der Waals surface area contributed by atoms with Gasteiger partial charge in [-0.1, -0.05) is 11.2 Å². The summed E-state index contributed by atoms with van der Waals surface area (Å²) in [7, 11) is 1.58. The number of benzene rings is 1. The monoisotopic (exact) mass is 648 g/mol. The zero-order valence-corrected chi connectivity index (χ0v) is 26.8. The van der Waals surface area contributed by atoms with Gasteiger partial charge in [0.1, 0.15) is 12.7 Å². The Balaban J connectivity index is 1.36. The Kier molecular flexibility index (Phi) is 9.19. The molecular weight excluding hydrogens is 608 g/mol. The van der Waals surface area contributed by atoms with Crippen molar-refractivity contribution >= 4 is 22.5 Å². The maximum absolute atomic E-state index is 15.3. The van der Waals surface area contributed by atoms with Gasteiger partial charge in [0.25, 0.3) is 5.91 Å². The third-order valence-electron chi connectivity index (χ3n) is 8.17. The second-order valence-electron chi connectivity index (χ2n) is 13.3. The van der Waals surface area contributed by atoms with Gasteiger partial charge in [-0.2, -0.15) is 23.3 Å². The highest BCUT2D eigenvalue weighted by Gasteiger charge is 2.35. The molecule has 0 radical (unpaired) electrons. The lowest BCUT2D eigenvalue weighted by atomic mass is 9.96. The number of nitrogens with one attached hydrogen (secondary N) is 2. The van der Waals surface area contributed by atoms with E-state index >= 15 is 4.39 Å². The van der Waals surface area contributed by atoms with Crippen LogP contribution in [-0.4, -0.2) is 86.0 Å². The molecule has 1 aromatic carbocycles. The molecule has 0 unspecified atom stereocenters. The average Bonchev–Trinajstić information content (AvgIpc) is 3.71. The molecule has 2 N–H and O–H groups in total. The van der Waals surface area contributed by atoms with E-state index < -0.39 is 36.4 Å². The van der Waals surface area contributed by atoms with Crippen LogP contribution in [0.25, 0.3) is 22.4 Å². The molecule has 1 aliphatic heterocycles. The van der Waals surface area contributed by atoms with Gasteiger partial charge in [0.2, 0.25) is 11.7 Å². The van der Waals surface area contributed by atoms with Gasteiger partial charge >= 0.3 is 6.18 Å². The summed E-state index contributed by atoms with van der Waals surface area (Å²) >= 11 is 0. The minimum absolute atomic E-state index is 0.00324. The summed E-state index contributed by atoms with van der Waals surface area (Å²) < 4.78 is 69.8. The van der Waals surface area contributed by atoms with Crippen LogP contribution in [0.3, 0.4) is 0 Å². The number of fused-ring (bicyclic) bond motifs is 1. The Morgan fingerprint density at radius 1 is 1.17 bits per heavy atom. The molecule has 250 valence electrons. The molecule has 1 aliphatic rings. The number of nitrogens with zero attached hydrogens (tertiary/aromatic N) is 6. The molecule has 1 fully saturated rings. The summed E-state index contributed by atoms with van der Waals surface area (Å²) in [6, 6.07) is 5.97. The van der Waals surface area contributed by atoms with Crippen LogP contribution >= 0.6 is 0 Å². The number of hydrogen-bond donors (Lipinski definition) is 2. The van der Waals surface area contributed by atoms with Crippen LogP contribution in [0.2, 0.25) is 0 Å². The van der Waals surface area contributed by atoms with Crippen LogP contribution in [0.4, 0.5) is 23.2 Å². The number of ether oxygens (including phenoxy) is 1. The number of alkyl halides is 4. The topological polar surface area (TPSA) is 115 Å². The maximum Gasteiger partial charge on any atom is 0.406 e. The van der Waals surface area contributed by atoms with Gasteiger partial charge < -0.3 is 24.5 Å². The first-order chi connectivity index (χ1) is 21.6. The molecule has 46 heavy (non-hydrogen) atoms. The van der Waals surface area contributed by atoms with Gasteiger partial charge in [0.05, 0.1) is 47.7 Å². The molecule has 11 nitrogen and oxygen atoms in total. The Morgan fingerprint density at radius 3 is 2.61 bits per heavy atom.